The highest BCUT2D eigenvalue weighted by Crippen LogP contribution is 2.35. The van der Waals surface area contributed by atoms with Crippen LogP contribution in [0.4, 0.5) is 5.69 Å². The molecular formula is C11H18ClN3O4S2. The molecule has 0 aromatic carbocycles. The van der Waals surface area contributed by atoms with Gasteiger partial charge in [-0.25, -0.2) is 13.1 Å². The summed E-state index contributed by atoms with van der Waals surface area (Å²) < 4.78 is 26.2. The van der Waals surface area contributed by atoms with Crippen LogP contribution < -0.4 is 4.72 Å². The van der Waals surface area contributed by atoms with Gasteiger partial charge in [-0.2, -0.15) is 0 Å². The molecular weight excluding hydrogens is 338 g/mol. The highest BCUT2D eigenvalue weighted by Gasteiger charge is 2.25. The SMILES string of the molecule is CCC(C)N(C)CCNS(=O)(=O)c1cc([N+](=O)[O-])c(Cl)s1. The lowest BCUT2D eigenvalue weighted by atomic mass is 10.2. The van der Waals surface area contributed by atoms with E-state index in [1.165, 1.54) is 0 Å². The monoisotopic (exact) mass is 355 g/mol. The average molecular weight is 356 g/mol. The van der Waals surface area contributed by atoms with E-state index in [0.29, 0.717) is 23.9 Å². The molecule has 1 atom stereocenters. The number of halogens is 1. The summed E-state index contributed by atoms with van der Waals surface area (Å²) in [5.74, 6) is 0. The van der Waals surface area contributed by atoms with Crippen molar-refractivity contribution in [3.8, 4) is 0 Å². The van der Waals surface area contributed by atoms with Crippen LogP contribution in [0.2, 0.25) is 4.34 Å². The summed E-state index contributed by atoms with van der Waals surface area (Å²) in [6.45, 7) is 4.89. The Kier molecular flexibility index (Phi) is 6.54. The first-order valence-corrected chi connectivity index (χ1v) is 9.00. The summed E-state index contributed by atoms with van der Waals surface area (Å²) in [5.41, 5.74) is -0.390. The molecule has 0 saturated heterocycles. The van der Waals surface area contributed by atoms with E-state index in [1.54, 1.807) is 0 Å². The molecule has 1 aromatic rings. The molecule has 1 rings (SSSR count). The molecule has 0 bridgehead atoms. The minimum atomic E-state index is -3.77. The molecule has 0 aliphatic heterocycles. The summed E-state index contributed by atoms with van der Waals surface area (Å²) >= 11 is 6.35. The Balaban J connectivity index is 2.70. The van der Waals surface area contributed by atoms with E-state index < -0.39 is 20.6 Å². The Bertz CT molecular complexity index is 603. The molecule has 0 fully saturated rings. The van der Waals surface area contributed by atoms with Gasteiger partial charge in [0.25, 0.3) is 5.69 Å². The van der Waals surface area contributed by atoms with Gasteiger partial charge in [-0.15, -0.1) is 11.3 Å². The van der Waals surface area contributed by atoms with Gasteiger partial charge in [-0.3, -0.25) is 10.1 Å². The molecule has 0 saturated carbocycles. The van der Waals surface area contributed by atoms with Gasteiger partial charge >= 0.3 is 0 Å². The summed E-state index contributed by atoms with van der Waals surface area (Å²) in [7, 11) is -1.86. The maximum absolute atomic E-state index is 12.0. The van der Waals surface area contributed by atoms with E-state index in [0.717, 1.165) is 12.5 Å². The lowest BCUT2D eigenvalue weighted by molar-refractivity contribution is -0.384. The maximum Gasteiger partial charge on any atom is 0.300 e. The van der Waals surface area contributed by atoms with Crippen LogP contribution >= 0.6 is 22.9 Å². The van der Waals surface area contributed by atoms with E-state index in [-0.39, 0.29) is 15.1 Å². The largest absolute Gasteiger partial charge is 0.302 e. The van der Waals surface area contributed by atoms with Crippen LogP contribution in [0.3, 0.4) is 0 Å². The third-order valence-corrected chi connectivity index (χ3v) is 6.48. The minimum absolute atomic E-state index is 0.142. The molecule has 0 radical (unpaired) electrons. The third kappa shape index (κ3) is 4.89. The van der Waals surface area contributed by atoms with E-state index >= 15 is 0 Å². The number of nitrogens with zero attached hydrogens (tertiary/aromatic N) is 2. The first-order valence-electron chi connectivity index (χ1n) is 6.32. The molecule has 21 heavy (non-hydrogen) atoms. The van der Waals surface area contributed by atoms with Crippen LogP contribution in [-0.2, 0) is 10.0 Å². The zero-order chi connectivity index (χ0) is 16.2. The summed E-state index contributed by atoms with van der Waals surface area (Å²) in [6, 6.07) is 1.33. The summed E-state index contributed by atoms with van der Waals surface area (Å²) in [4.78, 5) is 12.0. The van der Waals surface area contributed by atoms with Crippen LogP contribution in [-0.4, -0.2) is 44.4 Å². The predicted octanol–water partition coefficient (Wildman–Crippen LogP) is 2.32. The highest BCUT2D eigenvalue weighted by atomic mass is 35.5. The smallest absolute Gasteiger partial charge is 0.300 e. The molecule has 0 amide bonds. The molecule has 10 heteroatoms. The Labute approximate surface area is 133 Å². The number of nitrogens with one attached hydrogen (secondary N) is 1. The summed E-state index contributed by atoms with van der Waals surface area (Å²) in [6.07, 6.45) is 0.968. The zero-order valence-electron chi connectivity index (χ0n) is 12.0. The number of nitro groups is 1. The fourth-order valence-corrected chi connectivity index (χ4v) is 4.28. The number of hydrogen-bond acceptors (Lipinski definition) is 6. The van der Waals surface area contributed by atoms with Gasteiger partial charge in [0.2, 0.25) is 10.0 Å². The second-order valence-corrected chi connectivity index (χ2v) is 8.27. The van der Waals surface area contributed by atoms with Crippen molar-refractivity contribution in [1.82, 2.24) is 9.62 Å². The quantitative estimate of drug-likeness (QED) is 0.570. The number of likely N-dealkylation sites (N-methyl/N-ethyl adjacent to an activating group) is 1. The first kappa shape index (κ1) is 18.3. The lowest BCUT2D eigenvalue weighted by Gasteiger charge is -2.23. The Hall–Kier alpha value is -0.740. The molecule has 0 aliphatic carbocycles. The van der Waals surface area contributed by atoms with Crippen molar-refractivity contribution in [1.29, 1.82) is 0 Å². The number of rotatable bonds is 8. The molecule has 1 unspecified atom stereocenters. The van der Waals surface area contributed by atoms with Gasteiger partial charge in [0, 0.05) is 25.2 Å². The molecule has 0 spiro atoms. The summed E-state index contributed by atoms with van der Waals surface area (Å²) in [5, 5.41) is 10.7. The van der Waals surface area contributed by atoms with Gasteiger partial charge in [-0.05, 0) is 20.4 Å². The van der Waals surface area contributed by atoms with E-state index in [2.05, 4.69) is 18.6 Å². The van der Waals surface area contributed by atoms with Gasteiger partial charge in [0.05, 0.1) is 4.92 Å². The fourth-order valence-electron chi connectivity index (χ4n) is 1.55. The lowest BCUT2D eigenvalue weighted by Crippen LogP contribution is -2.36. The van der Waals surface area contributed by atoms with Gasteiger partial charge in [0.15, 0.2) is 4.34 Å². The number of sulfonamides is 1. The normalized spacial score (nSPS) is 13.6. The van der Waals surface area contributed by atoms with E-state index in [4.69, 9.17) is 11.6 Å². The molecule has 7 nitrogen and oxygen atoms in total. The maximum atomic E-state index is 12.0. The Morgan fingerprint density at radius 3 is 2.67 bits per heavy atom. The van der Waals surface area contributed by atoms with E-state index in [9.17, 15) is 18.5 Å². The third-order valence-electron chi connectivity index (χ3n) is 3.21. The Morgan fingerprint density at radius 2 is 2.19 bits per heavy atom. The van der Waals surface area contributed by atoms with Crippen LogP contribution in [0.5, 0.6) is 0 Å². The topological polar surface area (TPSA) is 92.6 Å². The van der Waals surface area contributed by atoms with Gasteiger partial charge < -0.3 is 4.90 Å². The molecule has 0 aliphatic rings. The first-order chi connectivity index (χ1) is 9.69. The van der Waals surface area contributed by atoms with Crippen molar-refractivity contribution in [3.05, 3.63) is 20.5 Å². The van der Waals surface area contributed by atoms with Gasteiger partial charge in [-0.1, -0.05) is 18.5 Å². The van der Waals surface area contributed by atoms with Crippen molar-refractivity contribution >= 4 is 38.6 Å². The second-order valence-electron chi connectivity index (χ2n) is 4.62. The van der Waals surface area contributed by atoms with Crippen LogP contribution in [0.1, 0.15) is 20.3 Å². The molecule has 1 heterocycles. The number of hydrogen-bond donors (Lipinski definition) is 1. The minimum Gasteiger partial charge on any atom is -0.302 e. The fraction of sp³-hybridized carbons (Fsp3) is 0.636. The van der Waals surface area contributed by atoms with Crippen molar-refractivity contribution in [3.63, 3.8) is 0 Å². The van der Waals surface area contributed by atoms with Crippen molar-refractivity contribution in [2.24, 2.45) is 0 Å². The predicted molar refractivity (Wildman–Crippen MR) is 83.6 cm³/mol. The zero-order valence-corrected chi connectivity index (χ0v) is 14.4. The van der Waals surface area contributed by atoms with Crippen molar-refractivity contribution < 1.29 is 13.3 Å². The van der Waals surface area contributed by atoms with Gasteiger partial charge in [0.1, 0.15) is 4.21 Å². The van der Waals surface area contributed by atoms with Crippen molar-refractivity contribution in [2.45, 2.75) is 30.5 Å². The van der Waals surface area contributed by atoms with E-state index in [1.807, 2.05) is 11.9 Å². The second kappa shape index (κ2) is 7.50. The van der Waals surface area contributed by atoms with Crippen molar-refractivity contribution in [2.75, 3.05) is 20.1 Å². The molecule has 1 aromatic heterocycles. The molecule has 1 N–H and O–H groups in total. The van der Waals surface area contributed by atoms with Crippen LogP contribution in [0.15, 0.2) is 10.3 Å². The van der Waals surface area contributed by atoms with Crippen LogP contribution in [0, 0.1) is 10.1 Å². The molecule has 120 valence electrons. The Morgan fingerprint density at radius 1 is 1.57 bits per heavy atom. The average Bonchev–Trinajstić information content (AvgIpc) is 2.80. The standard InChI is InChI=1S/C11H18ClN3O4S2/c1-4-8(2)14(3)6-5-13-21(18,19)10-7-9(15(16)17)11(12)20-10/h7-8,13H,4-6H2,1-3H3. The van der Waals surface area contributed by atoms with Crippen LogP contribution in [0.25, 0.3) is 0 Å². The number of thiophene rings is 1. The highest BCUT2D eigenvalue weighted by molar-refractivity contribution is 7.91.